The number of hydrogen-bond acceptors (Lipinski definition) is 11. The van der Waals surface area contributed by atoms with Crippen LogP contribution in [0.15, 0.2) is 72.0 Å². The normalized spacial score (nSPS) is 37.9. The molecule has 1 amide bonds. The minimum Gasteiger partial charge on any atom is -0.456 e. The van der Waals surface area contributed by atoms with Crippen molar-refractivity contribution in [1.29, 1.82) is 0 Å². The molecule has 5 aliphatic rings. The van der Waals surface area contributed by atoms with Crippen molar-refractivity contribution < 1.29 is 48.0 Å². The molecular formula is C37H44N2O10. The van der Waals surface area contributed by atoms with Crippen molar-refractivity contribution in [2.45, 2.75) is 89.3 Å². The SMILES string of the molecule is CO[C@H]1C[C@H]2C=CC3C4C(O)[C@@H](C)[C@@H](OC(=O)C5=CC=CC5)[C@@H]3O[C@]42/C(C)=C/[C@@H](C)[C@@H]([C@@H](C)OC(=O)C(=O)NCc2ccccn2)OC1=O. The smallest absolute Gasteiger partial charge is 0.397 e. The van der Waals surface area contributed by atoms with E-state index in [9.17, 15) is 24.3 Å². The number of ether oxygens (including phenoxy) is 5. The van der Waals surface area contributed by atoms with Gasteiger partial charge in [-0.25, -0.2) is 14.4 Å². The van der Waals surface area contributed by atoms with E-state index < -0.39 is 83.8 Å². The summed E-state index contributed by atoms with van der Waals surface area (Å²) in [4.78, 5) is 56.3. The van der Waals surface area contributed by atoms with Crippen LogP contribution < -0.4 is 5.32 Å². The average molecular weight is 677 g/mol. The van der Waals surface area contributed by atoms with Crippen LogP contribution in [0, 0.1) is 29.6 Å². The quantitative estimate of drug-likeness (QED) is 0.189. The van der Waals surface area contributed by atoms with Crippen molar-refractivity contribution in [2.24, 2.45) is 29.6 Å². The second-order valence-electron chi connectivity index (χ2n) is 13.7. The number of aliphatic hydroxyl groups is 1. The predicted molar refractivity (Wildman–Crippen MR) is 174 cm³/mol. The van der Waals surface area contributed by atoms with E-state index in [0.717, 1.165) is 5.57 Å². The number of methoxy groups -OCH3 is 1. The molecule has 1 aromatic heterocycles. The van der Waals surface area contributed by atoms with Gasteiger partial charge in [-0.1, -0.05) is 56.4 Å². The van der Waals surface area contributed by atoms with E-state index in [1.165, 1.54) is 7.11 Å². The molecule has 2 N–H and O–H groups in total. The summed E-state index contributed by atoms with van der Waals surface area (Å²) in [7, 11) is 1.42. The number of carbonyl (C=O) groups is 4. The molecule has 1 saturated carbocycles. The van der Waals surface area contributed by atoms with E-state index in [4.69, 9.17) is 23.7 Å². The van der Waals surface area contributed by atoms with Gasteiger partial charge in [-0.3, -0.25) is 9.78 Å². The molecule has 3 unspecified atom stereocenters. The van der Waals surface area contributed by atoms with Crippen molar-refractivity contribution in [1.82, 2.24) is 10.3 Å². The summed E-state index contributed by atoms with van der Waals surface area (Å²) in [6.07, 6.45) is 8.52. The van der Waals surface area contributed by atoms with Gasteiger partial charge in [-0.15, -0.1) is 0 Å². The number of hydrogen-bond donors (Lipinski definition) is 2. The molecule has 0 aromatic carbocycles. The predicted octanol–water partition coefficient (Wildman–Crippen LogP) is 2.91. The monoisotopic (exact) mass is 676 g/mol. The van der Waals surface area contributed by atoms with Crippen LogP contribution in [0.3, 0.4) is 0 Å². The zero-order chi connectivity index (χ0) is 35.0. The lowest BCUT2D eigenvalue weighted by Gasteiger charge is -2.49. The van der Waals surface area contributed by atoms with Gasteiger partial charge >= 0.3 is 23.8 Å². The number of nitrogens with zero attached hydrogens (tertiary/aromatic N) is 1. The lowest BCUT2D eigenvalue weighted by molar-refractivity contribution is -0.180. The molecule has 6 rings (SSSR count). The molecule has 262 valence electrons. The summed E-state index contributed by atoms with van der Waals surface area (Å²) in [5.74, 6) is -5.12. The minimum absolute atomic E-state index is 0.0376. The lowest BCUT2D eigenvalue weighted by Crippen LogP contribution is -2.57. The van der Waals surface area contributed by atoms with Crippen LogP contribution in [0.5, 0.6) is 0 Å². The van der Waals surface area contributed by atoms with Crippen molar-refractivity contribution in [3.8, 4) is 0 Å². The second kappa shape index (κ2) is 14.0. The first-order valence-corrected chi connectivity index (χ1v) is 16.9. The average Bonchev–Trinajstić information content (AvgIpc) is 3.70. The first kappa shape index (κ1) is 34.7. The number of aliphatic hydroxyl groups excluding tert-OH is 1. The molecule has 12 atom stereocenters. The molecule has 3 aliphatic carbocycles. The topological polar surface area (TPSA) is 160 Å². The second-order valence-corrected chi connectivity index (χ2v) is 13.7. The third kappa shape index (κ3) is 6.37. The summed E-state index contributed by atoms with van der Waals surface area (Å²) in [6.45, 7) is 7.23. The third-order valence-corrected chi connectivity index (χ3v) is 10.8. The zero-order valence-electron chi connectivity index (χ0n) is 28.3. The number of esters is 3. The molecule has 4 bridgehead atoms. The molecule has 1 saturated heterocycles. The fourth-order valence-electron chi connectivity index (χ4n) is 8.32. The standard InChI is InChI=1S/C37H44N2O10/c1-19-16-20(2)37-24(13-14-26-28(37)29(40)21(3)31(32(26)49-37)48-34(42)23-10-6-7-11-23)17-27(45-5)35(43)47-30(19)22(4)46-36(44)33(41)39-18-25-12-8-9-15-38-25/h6-10,12-16,19,21-22,24,26-32,40H,11,17-18H2,1-5H3,(H,39,41)/b20-16+/t19-,21-,22-,24-,26?,27+,28?,29?,30+,31-,32-,37+/m1/s1. The van der Waals surface area contributed by atoms with Crippen molar-refractivity contribution in [2.75, 3.05) is 7.11 Å². The highest BCUT2D eigenvalue weighted by Crippen LogP contribution is 2.61. The van der Waals surface area contributed by atoms with Crippen molar-refractivity contribution in [3.05, 3.63) is 77.7 Å². The lowest BCUT2D eigenvalue weighted by atomic mass is 9.57. The van der Waals surface area contributed by atoms with Crippen LogP contribution in [0.2, 0.25) is 0 Å². The Morgan fingerprint density at radius 2 is 2.00 bits per heavy atom. The fourth-order valence-corrected chi connectivity index (χ4v) is 8.32. The Hall–Kier alpha value is -4.13. The van der Waals surface area contributed by atoms with E-state index in [0.29, 0.717) is 17.7 Å². The highest BCUT2D eigenvalue weighted by molar-refractivity contribution is 6.32. The Kier molecular flexibility index (Phi) is 9.93. The van der Waals surface area contributed by atoms with Crippen LogP contribution >= 0.6 is 0 Å². The van der Waals surface area contributed by atoms with E-state index >= 15 is 0 Å². The number of allylic oxidation sites excluding steroid dienone is 3. The number of aromatic nitrogens is 1. The molecule has 12 heteroatoms. The van der Waals surface area contributed by atoms with Gasteiger partial charge in [0.25, 0.3) is 0 Å². The summed E-state index contributed by atoms with van der Waals surface area (Å²) in [5.41, 5.74) is 0.873. The van der Waals surface area contributed by atoms with Crippen LogP contribution in [0.4, 0.5) is 0 Å². The van der Waals surface area contributed by atoms with Crippen molar-refractivity contribution >= 4 is 23.8 Å². The van der Waals surface area contributed by atoms with Crippen LogP contribution in [0.1, 0.15) is 46.2 Å². The van der Waals surface area contributed by atoms with Crippen molar-refractivity contribution in [3.63, 3.8) is 0 Å². The summed E-state index contributed by atoms with van der Waals surface area (Å²) in [6, 6.07) is 5.22. The minimum atomic E-state index is -1.12. The summed E-state index contributed by atoms with van der Waals surface area (Å²) < 4.78 is 30.2. The Morgan fingerprint density at radius 3 is 2.69 bits per heavy atom. The van der Waals surface area contributed by atoms with Gasteiger partial charge in [0, 0.05) is 48.5 Å². The number of amides is 1. The Morgan fingerprint density at radius 1 is 1.20 bits per heavy atom. The number of rotatable bonds is 7. The van der Waals surface area contributed by atoms with Gasteiger partial charge in [0.1, 0.15) is 30.0 Å². The number of nitrogens with one attached hydrogen (secondary N) is 1. The summed E-state index contributed by atoms with van der Waals surface area (Å²) in [5, 5.41) is 14.4. The van der Waals surface area contributed by atoms with Gasteiger partial charge in [0.05, 0.1) is 18.3 Å². The van der Waals surface area contributed by atoms with Crippen LogP contribution in [-0.4, -0.2) is 83.2 Å². The number of cyclic esters (lactones) is 1. The number of pyridine rings is 1. The molecule has 3 heterocycles. The van der Waals surface area contributed by atoms with E-state index in [2.05, 4.69) is 10.3 Å². The van der Waals surface area contributed by atoms with Gasteiger partial charge in [-0.2, -0.15) is 0 Å². The molecule has 49 heavy (non-hydrogen) atoms. The largest absolute Gasteiger partial charge is 0.456 e. The Labute approximate surface area is 285 Å². The van der Waals surface area contributed by atoms with Gasteiger partial charge in [0.15, 0.2) is 6.10 Å². The highest BCUT2D eigenvalue weighted by Gasteiger charge is 2.69. The fraction of sp³-hybridized carbons (Fsp3) is 0.541. The van der Waals surface area contributed by atoms with E-state index in [1.54, 1.807) is 37.4 Å². The molecule has 1 aromatic rings. The van der Waals surface area contributed by atoms with Crippen LogP contribution in [-0.2, 0) is 49.4 Å². The maximum absolute atomic E-state index is 13.6. The molecule has 1 spiro atoms. The maximum atomic E-state index is 13.6. The van der Waals surface area contributed by atoms with Crippen LogP contribution in [0.25, 0.3) is 0 Å². The summed E-state index contributed by atoms with van der Waals surface area (Å²) >= 11 is 0. The third-order valence-electron chi connectivity index (χ3n) is 10.8. The molecule has 2 fully saturated rings. The van der Waals surface area contributed by atoms with Gasteiger partial charge in [0.2, 0.25) is 0 Å². The van der Waals surface area contributed by atoms with E-state index in [1.807, 2.05) is 51.2 Å². The molecular weight excluding hydrogens is 632 g/mol. The zero-order valence-corrected chi connectivity index (χ0v) is 28.3. The maximum Gasteiger partial charge on any atom is 0.397 e. The molecule has 12 nitrogen and oxygen atoms in total. The van der Waals surface area contributed by atoms with Gasteiger partial charge < -0.3 is 34.1 Å². The Bertz CT molecular complexity index is 1590. The number of carbonyl (C=O) groups excluding carboxylic acids is 4. The van der Waals surface area contributed by atoms with E-state index in [-0.39, 0.29) is 24.8 Å². The molecule has 0 radical (unpaired) electrons. The highest BCUT2D eigenvalue weighted by atomic mass is 16.6. The molecule has 2 aliphatic heterocycles. The van der Waals surface area contributed by atoms with Gasteiger partial charge in [-0.05, 0) is 44.4 Å². The first-order chi connectivity index (χ1) is 23.5. The first-order valence-electron chi connectivity index (χ1n) is 16.9. The Balaban J connectivity index is 1.27.